The lowest BCUT2D eigenvalue weighted by Gasteiger charge is -2.18. The van der Waals surface area contributed by atoms with Crippen molar-refractivity contribution in [3.63, 3.8) is 0 Å². The minimum absolute atomic E-state index is 0.0354. The average molecular weight is 314 g/mol. The van der Waals surface area contributed by atoms with E-state index in [9.17, 15) is 4.79 Å². The standard InChI is InChI=1S/C17H22N4O2/c1-17(2,3)9-23-16-14-11(8-18-15(14)19-10-20-16)4-7-13(22)21-12-5-6-12/h4,7-8,10,12H,5-6,9H2,1-3H3,(H,21,22)(H,18,19,20)/b7-4+. The molecule has 1 fully saturated rings. The number of H-pyrrole nitrogens is 1. The van der Waals surface area contributed by atoms with E-state index in [-0.39, 0.29) is 11.3 Å². The zero-order valence-corrected chi connectivity index (χ0v) is 13.7. The van der Waals surface area contributed by atoms with Crippen molar-refractivity contribution in [2.24, 2.45) is 5.41 Å². The number of carbonyl (C=O) groups is 1. The van der Waals surface area contributed by atoms with Crippen LogP contribution in [0.25, 0.3) is 17.1 Å². The number of hydrogen-bond donors (Lipinski definition) is 2. The highest BCUT2D eigenvalue weighted by molar-refractivity contribution is 5.97. The van der Waals surface area contributed by atoms with Gasteiger partial charge in [-0.3, -0.25) is 4.79 Å². The number of hydrogen-bond acceptors (Lipinski definition) is 4. The molecule has 0 unspecified atom stereocenters. The number of carbonyl (C=O) groups excluding carboxylic acids is 1. The Morgan fingerprint density at radius 1 is 1.43 bits per heavy atom. The number of nitrogens with one attached hydrogen (secondary N) is 2. The summed E-state index contributed by atoms with van der Waals surface area (Å²) in [5.74, 6) is 0.462. The summed E-state index contributed by atoms with van der Waals surface area (Å²) in [7, 11) is 0. The van der Waals surface area contributed by atoms with Gasteiger partial charge in [0, 0.05) is 23.9 Å². The van der Waals surface area contributed by atoms with E-state index in [0.29, 0.717) is 24.2 Å². The van der Waals surface area contributed by atoms with E-state index in [1.54, 1.807) is 12.2 Å². The van der Waals surface area contributed by atoms with E-state index >= 15 is 0 Å². The molecule has 0 aliphatic heterocycles. The van der Waals surface area contributed by atoms with E-state index in [4.69, 9.17) is 4.74 Å². The molecule has 1 saturated carbocycles. The van der Waals surface area contributed by atoms with Gasteiger partial charge in [-0.1, -0.05) is 20.8 Å². The minimum atomic E-state index is -0.0733. The topological polar surface area (TPSA) is 79.9 Å². The van der Waals surface area contributed by atoms with Gasteiger partial charge in [0.1, 0.15) is 12.0 Å². The lowest BCUT2D eigenvalue weighted by Crippen LogP contribution is -2.22. The molecule has 2 N–H and O–H groups in total. The van der Waals surface area contributed by atoms with E-state index in [2.05, 4.69) is 41.0 Å². The Balaban J connectivity index is 1.82. The van der Waals surface area contributed by atoms with Crippen LogP contribution in [0.15, 0.2) is 18.6 Å². The molecule has 1 aliphatic rings. The Labute approximate surface area is 135 Å². The van der Waals surface area contributed by atoms with E-state index < -0.39 is 0 Å². The molecule has 23 heavy (non-hydrogen) atoms. The van der Waals surface area contributed by atoms with Gasteiger partial charge in [-0.25, -0.2) is 9.97 Å². The Kier molecular flexibility index (Phi) is 4.07. The first-order chi connectivity index (χ1) is 10.9. The van der Waals surface area contributed by atoms with Gasteiger partial charge in [-0.05, 0) is 24.3 Å². The minimum Gasteiger partial charge on any atom is -0.477 e. The maximum Gasteiger partial charge on any atom is 0.244 e. The molecule has 0 spiro atoms. The van der Waals surface area contributed by atoms with Gasteiger partial charge in [0.05, 0.1) is 12.0 Å². The molecule has 0 saturated heterocycles. The molecule has 6 nitrogen and oxygen atoms in total. The number of amides is 1. The van der Waals surface area contributed by atoms with Gasteiger partial charge in [0.25, 0.3) is 0 Å². The monoisotopic (exact) mass is 314 g/mol. The van der Waals surface area contributed by atoms with E-state index in [1.807, 2.05) is 6.20 Å². The second-order valence-corrected chi connectivity index (χ2v) is 7.11. The normalized spacial score (nSPS) is 15.3. The van der Waals surface area contributed by atoms with Crippen molar-refractivity contribution in [3.05, 3.63) is 24.2 Å². The Morgan fingerprint density at radius 2 is 2.22 bits per heavy atom. The van der Waals surface area contributed by atoms with Crippen molar-refractivity contribution in [2.75, 3.05) is 6.61 Å². The molecule has 3 rings (SSSR count). The van der Waals surface area contributed by atoms with Crippen LogP contribution in [0.3, 0.4) is 0 Å². The SMILES string of the molecule is CC(C)(C)COc1ncnc2[nH]cc(/C=C/C(=O)NC3CC3)c12. The number of aromatic nitrogens is 3. The third kappa shape index (κ3) is 4.09. The van der Waals surface area contributed by atoms with Gasteiger partial charge in [-0.2, -0.15) is 0 Å². The van der Waals surface area contributed by atoms with Crippen LogP contribution in [-0.2, 0) is 4.79 Å². The second kappa shape index (κ2) is 6.02. The number of fused-ring (bicyclic) bond motifs is 1. The predicted octanol–water partition coefficient (Wildman–Crippen LogP) is 2.67. The Hall–Kier alpha value is -2.37. The highest BCUT2D eigenvalue weighted by Gasteiger charge is 2.22. The third-order valence-corrected chi connectivity index (χ3v) is 3.45. The fraction of sp³-hybridized carbons (Fsp3) is 0.471. The van der Waals surface area contributed by atoms with Crippen LogP contribution >= 0.6 is 0 Å². The molecular formula is C17H22N4O2. The summed E-state index contributed by atoms with van der Waals surface area (Å²) in [5, 5.41) is 3.72. The smallest absolute Gasteiger partial charge is 0.244 e. The molecule has 2 aromatic heterocycles. The number of aromatic amines is 1. The van der Waals surface area contributed by atoms with Crippen molar-refractivity contribution in [3.8, 4) is 5.88 Å². The molecule has 0 radical (unpaired) electrons. The van der Waals surface area contributed by atoms with Gasteiger partial charge in [-0.15, -0.1) is 0 Å². The Bertz CT molecular complexity index is 739. The molecule has 0 atom stereocenters. The average Bonchev–Trinajstić information content (AvgIpc) is 3.19. The van der Waals surface area contributed by atoms with Crippen LogP contribution < -0.4 is 10.1 Å². The van der Waals surface area contributed by atoms with Gasteiger partial charge >= 0.3 is 0 Å². The molecule has 0 aromatic carbocycles. The van der Waals surface area contributed by atoms with Crippen molar-refractivity contribution in [1.29, 1.82) is 0 Å². The molecule has 122 valence electrons. The summed E-state index contributed by atoms with van der Waals surface area (Å²) in [6.45, 7) is 6.86. The van der Waals surface area contributed by atoms with Crippen molar-refractivity contribution < 1.29 is 9.53 Å². The number of rotatable bonds is 5. The quantitative estimate of drug-likeness (QED) is 0.832. The van der Waals surface area contributed by atoms with Crippen molar-refractivity contribution in [2.45, 2.75) is 39.7 Å². The number of nitrogens with zero attached hydrogens (tertiary/aromatic N) is 2. The van der Waals surface area contributed by atoms with Gasteiger partial charge in [0.15, 0.2) is 0 Å². The summed E-state index contributed by atoms with van der Waals surface area (Å²) in [6.07, 6.45) is 8.75. The summed E-state index contributed by atoms with van der Waals surface area (Å²) in [4.78, 5) is 23.3. The van der Waals surface area contributed by atoms with Crippen LogP contribution in [0.2, 0.25) is 0 Å². The summed E-state index contributed by atoms with van der Waals surface area (Å²) in [6, 6.07) is 0.351. The van der Waals surface area contributed by atoms with Crippen molar-refractivity contribution in [1.82, 2.24) is 20.3 Å². The molecule has 2 aromatic rings. The zero-order valence-electron chi connectivity index (χ0n) is 13.7. The molecular weight excluding hydrogens is 292 g/mol. The molecule has 1 aliphatic carbocycles. The van der Waals surface area contributed by atoms with Gasteiger partial charge in [0.2, 0.25) is 11.8 Å². The van der Waals surface area contributed by atoms with Crippen LogP contribution in [0, 0.1) is 5.41 Å². The number of ether oxygens (including phenoxy) is 1. The largest absolute Gasteiger partial charge is 0.477 e. The van der Waals surface area contributed by atoms with Crippen LogP contribution in [0.4, 0.5) is 0 Å². The summed E-state index contributed by atoms with van der Waals surface area (Å²) < 4.78 is 5.86. The molecule has 0 bridgehead atoms. The first-order valence-corrected chi connectivity index (χ1v) is 7.86. The van der Waals surface area contributed by atoms with Crippen LogP contribution in [0.5, 0.6) is 5.88 Å². The summed E-state index contributed by atoms with van der Waals surface area (Å²) >= 11 is 0. The second-order valence-electron chi connectivity index (χ2n) is 7.11. The highest BCUT2D eigenvalue weighted by atomic mass is 16.5. The zero-order chi connectivity index (χ0) is 16.4. The fourth-order valence-electron chi connectivity index (χ4n) is 2.13. The maximum absolute atomic E-state index is 11.8. The predicted molar refractivity (Wildman–Crippen MR) is 89.0 cm³/mol. The first-order valence-electron chi connectivity index (χ1n) is 7.86. The fourth-order valence-corrected chi connectivity index (χ4v) is 2.13. The first kappa shape index (κ1) is 15.5. The highest BCUT2D eigenvalue weighted by Crippen LogP contribution is 2.27. The molecule has 2 heterocycles. The lowest BCUT2D eigenvalue weighted by atomic mass is 9.99. The van der Waals surface area contributed by atoms with Crippen molar-refractivity contribution >= 4 is 23.0 Å². The molecule has 1 amide bonds. The van der Waals surface area contributed by atoms with E-state index in [0.717, 1.165) is 23.8 Å². The van der Waals surface area contributed by atoms with Crippen LogP contribution in [0.1, 0.15) is 39.2 Å². The van der Waals surface area contributed by atoms with Gasteiger partial charge < -0.3 is 15.0 Å². The molecule has 6 heteroatoms. The van der Waals surface area contributed by atoms with E-state index in [1.165, 1.54) is 6.33 Å². The van der Waals surface area contributed by atoms with Crippen LogP contribution in [-0.4, -0.2) is 33.5 Å². The maximum atomic E-state index is 11.8. The summed E-state index contributed by atoms with van der Waals surface area (Å²) in [5.41, 5.74) is 1.58. The third-order valence-electron chi connectivity index (χ3n) is 3.45. The Morgan fingerprint density at radius 3 is 2.91 bits per heavy atom. The lowest BCUT2D eigenvalue weighted by molar-refractivity contribution is -0.116.